The van der Waals surface area contributed by atoms with Gasteiger partial charge in [-0.1, -0.05) is 25.5 Å². The maximum absolute atomic E-state index is 13.2. The summed E-state index contributed by atoms with van der Waals surface area (Å²) in [5.74, 6) is -2.47. The lowest BCUT2D eigenvalue weighted by Gasteiger charge is -2.64. The second-order valence-electron chi connectivity index (χ2n) is 22.6. The molecule has 416 valence electrons. The molecule has 3 N–H and O–H groups in total. The molecule has 0 aromatic rings. The van der Waals surface area contributed by atoms with E-state index in [0.717, 1.165) is 5.57 Å². The smallest absolute Gasteiger partial charge is 0.303 e. The third kappa shape index (κ3) is 10.6. The fourth-order valence-corrected chi connectivity index (χ4v) is 14.7. The molecule has 8 rings (SSSR count). The number of aliphatic hydroxyl groups excluding tert-OH is 2. The van der Waals surface area contributed by atoms with Crippen LogP contribution in [0, 0.1) is 28.6 Å². The Morgan fingerprint density at radius 3 is 1.63 bits per heavy atom. The zero-order chi connectivity index (χ0) is 53.1. The van der Waals surface area contributed by atoms with E-state index >= 15 is 0 Å². The number of carbonyl (C=O) groups excluding carboxylic acids is 3. The van der Waals surface area contributed by atoms with E-state index in [2.05, 4.69) is 13.0 Å². The average Bonchev–Trinajstić information content (AvgIpc) is 3.62. The summed E-state index contributed by atoms with van der Waals surface area (Å²) in [6.07, 6.45) is -6.94. The summed E-state index contributed by atoms with van der Waals surface area (Å²) in [4.78, 5) is 38.9. The minimum Gasteiger partial charge on any atom is -0.458 e. The van der Waals surface area contributed by atoms with Crippen LogP contribution in [0.25, 0.3) is 0 Å². The summed E-state index contributed by atoms with van der Waals surface area (Å²) >= 11 is 0. The lowest BCUT2D eigenvalue weighted by molar-refractivity contribution is -0.355. The average molecular weight is 1040 g/mol. The zero-order valence-electron chi connectivity index (χ0n) is 45.0. The summed E-state index contributed by atoms with van der Waals surface area (Å²) in [5.41, 5.74) is -1.91. The molecule has 4 aliphatic carbocycles. The van der Waals surface area contributed by atoms with E-state index in [1.54, 1.807) is 28.3 Å². The third-order valence-electron chi connectivity index (χ3n) is 18.4. The Bertz CT molecular complexity index is 1970. The lowest BCUT2D eigenvalue weighted by Crippen LogP contribution is -2.72. The molecule has 20 heteroatoms. The minimum atomic E-state index is -1.35. The van der Waals surface area contributed by atoms with Gasteiger partial charge < -0.3 is 81.6 Å². The molecular weight excluding hydrogens is 957 g/mol. The van der Waals surface area contributed by atoms with E-state index in [-0.39, 0.29) is 23.7 Å². The summed E-state index contributed by atoms with van der Waals surface area (Å²) in [5, 5.41) is 34.2. The Hall–Kier alpha value is -2.25. The molecule has 8 aliphatic rings. The number of methoxy groups -OCH3 is 4. The second-order valence-corrected chi connectivity index (χ2v) is 22.6. The molecule has 73 heavy (non-hydrogen) atoms. The zero-order valence-corrected chi connectivity index (χ0v) is 45.0. The molecule has 0 bridgehead atoms. The summed E-state index contributed by atoms with van der Waals surface area (Å²) in [6, 6.07) is 0. The van der Waals surface area contributed by atoms with Gasteiger partial charge in [0, 0.05) is 78.8 Å². The van der Waals surface area contributed by atoms with Gasteiger partial charge in [-0.3, -0.25) is 14.4 Å². The normalized spacial score (nSPS) is 49.9. The van der Waals surface area contributed by atoms with Gasteiger partial charge in [-0.25, -0.2) is 0 Å². The number of fused-ring (bicyclic) bond motifs is 5. The number of rotatable bonds is 15. The Kier molecular flexibility index (Phi) is 17.6. The minimum absolute atomic E-state index is 0.0878. The van der Waals surface area contributed by atoms with Crippen molar-refractivity contribution in [2.75, 3.05) is 28.4 Å². The molecule has 0 spiro atoms. The largest absolute Gasteiger partial charge is 0.458 e. The van der Waals surface area contributed by atoms with Crippen LogP contribution in [0.5, 0.6) is 0 Å². The predicted octanol–water partition coefficient (Wildman–Crippen LogP) is 3.82. The Morgan fingerprint density at radius 2 is 1.14 bits per heavy atom. The predicted molar refractivity (Wildman–Crippen MR) is 255 cm³/mol. The summed E-state index contributed by atoms with van der Waals surface area (Å²) in [7, 11) is 6.26. The fourth-order valence-electron chi connectivity index (χ4n) is 14.7. The fraction of sp³-hybridized carbons (Fsp3) is 0.906. The SMILES string of the molecule is COC1CC(OC2CCC3(C)C(=CCC4C3C(OC(C)=O)C(OC(C)=O)C3(C)C(C(C)=O)CCC43O)C2)OC(C)C1OC1CC(OC)C(OC2CC(OC)C(OC3OC(C)C(O)C(OC)C3O)C(C)O2)C(C)O1. The van der Waals surface area contributed by atoms with Gasteiger partial charge in [-0.05, 0) is 84.5 Å². The lowest BCUT2D eigenvalue weighted by atomic mass is 9.44. The van der Waals surface area contributed by atoms with E-state index < -0.39 is 151 Å². The van der Waals surface area contributed by atoms with Gasteiger partial charge in [0.25, 0.3) is 0 Å². The standard InChI is InChI=1S/C53H84O20/c1-24(54)33-17-19-53(59)34-15-14-31-20-32(16-18-51(31,8)41(34)47(68-29(6)55)49(52(33,53)9)69-30(7)56)70-38-21-35(60-10)44(26(3)64-38)71-39-22-36(61-11)45(27(4)65-39)72-40-23-37(62-12)46(28(5)66-40)73-50-43(58)48(63-13)42(57)25(2)67-50/h14,25-28,32-50,57-59H,15-23H2,1-13H3. The number of esters is 2. The topological polar surface area (TPSA) is 241 Å². The van der Waals surface area contributed by atoms with Crippen LogP contribution in [0.4, 0.5) is 0 Å². The Labute approximate surface area is 429 Å². The highest BCUT2D eigenvalue weighted by Crippen LogP contribution is 2.69. The maximum atomic E-state index is 13.2. The van der Waals surface area contributed by atoms with E-state index in [4.69, 9.17) is 66.3 Å². The van der Waals surface area contributed by atoms with E-state index in [0.29, 0.717) is 57.8 Å². The molecule has 0 aromatic heterocycles. The quantitative estimate of drug-likeness (QED) is 0.156. The summed E-state index contributed by atoms with van der Waals surface area (Å²) in [6.45, 7) is 15.5. The van der Waals surface area contributed by atoms with Crippen molar-refractivity contribution in [3.05, 3.63) is 11.6 Å². The van der Waals surface area contributed by atoms with Gasteiger partial charge in [0.05, 0.1) is 54.4 Å². The van der Waals surface area contributed by atoms with Crippen LogP contribution in [0.1, 0.15) is 120 Å². The maximum Gasteiger partial charge on any atom is 0.303 e. The first-order chi connectivity index (χ1) is 34.5. The first-order valence-corrected chi connectivity index (χ1v) is 26.5. The van der Waals surface area contributed by atoms with E-state index in [9.17, 15) is 29.7 Å². The number of ketones is 1. The number of carbonyl (C=O) groups is 3. The van der Waals surface area contributed by atoms with Gasteiger partial charge in [0.1, 0.15) is 54.6 Å². The van der Waals surface area contributed by atoms with Crippen molar-refractivity contribution in [3.63, 3.8) is 0 Å². The van der Waals surface area contributed by atoms with E-state index in [1.807, 2.05) is 27.7 Å². The van der Waals surface area contributed by atoms with Crippen molar-refractivity contribution < 1.29 is 96.0 Å². The number of hydrogen-bond donors (Lipinski definition) is 3. The molecule has 3 saturated carbocycles. The number of Topliss-reactive ketones (excluding diaryl/α,β-unsaturated/α-hetero) is 1. The third-order valence-corrected chi connectivity index (χ3v) is 18.4. The van der Waals surface area contributed by atoms with Crippen molar-refractivity contribution >= 4 is 17.7 Å². The van der Waals surface area contributed by atoms with Gasteiger partial charge in [-0.15, -0.1) is 0 Å². The van der Waals surface area contributed by atoms with Gasteiger partial charge in [-0.2, -0.15) is 0 Å². The highest BCUT2D eigenvalue weighted by molar-refractivity contribution is 5.80. The highest BCUT2D eigenvalue weighted by Gasteiger charge is 2.75. The van der Waals surface area contributed by atoms with Crippen molar-refractivity contribution in [1.29, 1.82) is 0 Å². The molecule has 0 aromatic carbocycles. The second kappa shape index (κ2) is 22.6. The molecule has 20 nitrogen and oxygen atoms in total. The number of allylic oxidation sites excluding steroid dienone is 1. The molecule has 7 fully saturated rings. The molecule has 0 amide bonds. The molecule has 0 radical (unpaired) electrons. The van der Waals surface area contributed by atoms with Crippen molar-refractivity contribution in [1.82, 2.24) is 0 Å². The van der Waals surface area contributed by atoms with Crippen molar-refractivity contribution in [3.8, 4) is 0 Å². The molecule has 4 heterocycles. The van der Waals surface area contributed by atoms with Crippen LogP contribution in [-0.2, 0) is 80.7 Å². The van der Waals surface area contributed by atoms with Gasteiger partial charge in [0.15, 0.2) is 25.2 Å². The van der Waals surface area contributed by atoms with Gasteiger partial charge >= 0.3 is 11.9 Å². The highest BCUT2D eigenvalue weighted by atomic mass is 16.8. The number of hydrogen-bond acceptors (Lipinski definition) is 20. The van der Waals surface area contributed by atoms with Gasteiger partial charge in [0.2, 0.25) is 0 Å². The van der Waals surface area contributed by atoms with Crippen LogP contribution >= 0.6 is 0 Å². The molecular formula is C53H84O20. The monoisotopic (exact) mass is 1040 g/mol. The Morgan fingerprint density at radius 1 is 0.616 bits per heavy atom. The van der Waals surface area contributed by atoms with Crippen LogP contribution in [0.2, 0.25) is 0 Å². The van der Waals surface area contributed by atoms with Crippen LogP contribution in [-0.4, -0.2) is 190 Å². The van der Waals surface area contributed by atoms with Crippen LogP contribution in [0.3, 0.4) is 0 Å². The molecule has 26 atom stereocenters. The van der Waals surface area contributed by atoms with Crippen molar-refractivity contribution in [2.45, 2.75) is 249 Å². The van der Waals surface area contributed by atoms with Crippen LogP contribution in [0.15, 0.2) is 11.6 Å². The molecule has 4 aliphatic heterocycles. The van der Waals surface area contributed by atoms with Crippen molar-refractivity contribution in [2.24, 2.45) is 28.6 Å². The molecule has 4 saturated heterocycles. The van der Waals surface area contributed by atoms with E-state index in [1.165, 1.54) is 27.9 Å². The number of aliphatic hydroxyl groups is 3. The van der Waals surface area contributed by atoms with Crippen LogP contribution < -0.4 is 0 Å². The Balaban J connectivity index is 0.877. The first-order valence-electron chi connectivity index (χ1n) is 26.5. The molecule has 26 unspecified atom stereocenters. The number of ether oxygens (including phenoxy) is 14. The first kappa shape index (κ1) is 56.9. The summed E-state index contributed by atoms with van der Waals surface area (Å²) < 4.78 is 87.0.